The Morgan fingerprint density at radius 3 is 2.83 bits per heavy atom. The fourth-order valence-corrected chi connectivity index (χ4v) is 0.613. The Kier molecular flexibility index (Phi) is 2.42. The van der Waals surface area contributed by atoms with E-state index >= 15 is 0 Å². The van der Waals surface area contributed by atoms with Gasteiger partial charge in [-0.05, 0) is 0 Å². The molecule has 0 saturated carbocycles. The summed E-state index contributed by atoms with van der Waals surface area (Å²) < 4.78 is 4.32. The third-order valence-corrected chi connectivity index (χ3v) is 1.12. The number of aromatic nitrogens is 2. The van der Waals surface area contributed by atoms with Crippen LogP contribution in [-0.4, -0.2) is 26.9 Å². The van der Waals surface area contributed by atoms with Crippen molar-refractivity contribution in [2.75, 3.05) is 0 Å². The van der Waals surface area contributed by atoms with Crippen LogP contribution in [-0.2, 0) is 16.1 Å². The first-order valence-corrected chi connectivity index (χ1v) is 3.04. The standard InChI is InChI=1S/C6H6N2O4/c9-3-12-2-4-5(10)1-6(11)8-7-4/h1,3H,2H2,(H2,8,10,11). The van der Waals surface area contributed by atoms with Crippen LogP contribution in [0.15, 0.2) is 6.07 Å². The molecule has 2 N–H and O–H groups in total. The minimum atomic E-state index is -0.387. The summed E-state index contributed by atoms with van der Waals surface area (Å²) in [5.41, 5.74) is 0.0971. The number of rotatable bonds is 3. The Hall–Kier alpha value is -1.85. The highest BCUT2D eigenvalue weighted by atomic mass is 16.5. The molecule has 0 radical (unpaired) electrons. The van der Waals surface area contributed by atoms with Gasteiger partial charge in [-0.2, -0.15) is 0 Å². The molecule has 0 bridgehead atoms. The second-order valence-electron chi connectivity index (χ2n) is 1.94. The van der Waals surface area contributed by atoms with Gasteiger partial charge in [0.05, 0.1) is 0 Å². The van der Waals surface area contributed by atoms with E-state index in [-0.39, 0.29) is 30.4 Å². The van der Waals surface area contributed by atoms with Crippen molar-refractivity contribution < 1.29 is 19.7 Å². The minimum absolute atomic E-state index is 0.0971. The molecule has 1 rings (SSSR count). The first-order chi connectivity index (χ1) is 5.74. The van der Waals surface area contributed by atoms with Crippen molar-refractivity contribution in [2.24, 2.45) is 0 Å². The van der Waals surface area contributed by atoms with E-state index in [1.165, 1.54) is 0 Å². The van der Waals surface area contributed by atoms with Crippen LogP contribution in [0.25, 0.3) is 0 Å². The maximum absolute atomic E-state index is 9.75. The van der Waals surface area contributed by atoms with Gasteiger partial charge in [-0.25, -0.2) is 0 Å². The van der Waals surface area contributed by atoms with Crippen molar-refractivity contribution in [1.82, 2.24) is 10.2 Å². The molecule has 1 heterocycles. The Morgan fingerprint density at radius 2 is 2.25 bits per heavy atom. The van der Waals surface area contributed by atoms with E-state index in [1.807, 2.05) is 0 Å². The third-order valence-electron chi connectivity index (χ3n) is 1.12. The quantitative estimate of drug-likeness (QED) is 0.597. The molecule has 6 heteroatoms. The zero-order valence-corrected chi connectivity index (χ0v) is 5.97. The molecule has 64 valence electrons. The fraction of sp³-hybridized carbons (Fsp3) is 0.167. The minimum Gasteiger partial charge on any atom is -0.506 e. The average Bonchev–Trinajstić information content (AvgIpc) is 2.03. The number of carbonyl (C=O) groups excluding carboxylic acids is 1. The monoisotopic (exact) mass is 170 g/mol. The molecule has 0 aromatic carbocycles. The molecular weight excluding hydrogens is 164 g/mol. The maximum Gasteiger partial charge on any atom is 0.293 e. The highest BCUT2D eigenvalue weighted by Gasteiger charge is 2.04. The van der Waals surface area contributed by atoms with Crippen molar-refractivity contribution in [1.29, 1.82) is 0 Å². The van der Waals surface area contributed by atoms with Crippen molar-refractivity contribution in [3.8, 4) is 11.6 Å². The lowest BCUT2D eigenvalue weighted by Gasteiger charge is -1.99. The van der Waals surface area contributed by atoms with Gasteiger partial charge in [0.1, 0.15) is 18.1 Å². The SMILES string of the molecule is O=COCc1nnc(O)cc1O. The summed E-state index contributed by atoms with van der Waals surface area (Å²) in [6.07, 6.45) is 0. The topological polar surface area (TPSA) is 92.5 Å². The number of aromatic hydroxyl groups is 2. The first kappa shape index (κ1) is 8.25. The van der Waals surface area contributed by atoms with Gasteiger partial charge in [0.2, 0.25) is 5.88 Å². The number of nitrogens with zero attached hydrogens (tertiary/aromatic N) is 2. The van der Waals surface area contributed by atoms with Crippen molar-refractivity contribution in [2.45, 2.75) is 6.61 Å². The van der Waals surface area contributed by atoms with Crippen LogP contribution in [0.5, 0.6) is 11.6 Å². The highest BCUT2D eigenvalue weighted by Crippen LogP contribution is 2.17. The van der Waals surface area contributed by atoms with Crippen LogP contribution in [0.1, 0.15) is 5.69 Å². The van der Waals surface area contributed by atoms with E-state index in [1.54, 1.807) is 0 Å². The van der Waals surface area contributed by atoms with Crippen molar-refractivity contribution >= 4 is 6.47 Å². The highest BCUT2D eigenvalue weighted by molar-refractivity contribution is 5.38. The largest absolute Gasteiger partial charge is 0.506 e. The van der Waals surface area contributed by atoms with E-state index in [0.29, 0.717) is 0 Å². The average molecular weight is 170 g/mol. The molecule has 0 aliphatic carbocycles. The molecule has 0 fully saturated rings. The molecule has 12 heavy (non-hydrogen) atoms. The van der Waals surface area contributed by atoms with Gasteiger partial charge in [-0.1, -0.05) is 0 Å². The molecule has 6 nitrogen and oxygen atoms in total. The molecule has 1 aromatic rings. The van der Waals surface area contributed by atoms with Gasteiger partial charge in [0, 0.05) is 6.07 Å². The lowest BCUT2D eigenvalue weighted by molar-refractivity contribution is -0.129. The fourth-order valence-electron chi connectivity index (χ4n) is 0.613. The third kappa shape index (κ3) is 1.82. The van der Waals surface area contributed by atoms with Crippen LogP contribution in [0, 0.1) is 0 Å². The van der Waals surface area contributed by atoms with Gasteiger partial charge in [0.15, 0.2) is 0 Å². The molecule has 0 spiro atoms. The Labute approximate surface area is 67.4 Å². The zero-order chi connectivity index (χ0) is 8.97. The first-order valence-electron chi connectivity index (χ1n) is 3.04. The maximum atomic E-state index is 9.75. The zero-order valence-electron chi connectivity index (χ0n) is 5.97. The molecule has 0 atom stereocenters. The Bertz CT molecular complexity index is 289. The predicted octanol–water partition coefficient (Wildman–Crippen LogP) is -0.439. The Balaban J connectivity index is 2.78. The van der Waals surface area contributed by atoms with E-state index < -0.39 is 0 Å². The predicted molar refractivity (Wildman–Crippen MR) is 36.2 cm³/mol. The lowest BCUT2D eigenvalue weighted by Crippen LogP contribution is -1.96. The van der Waals surface area contributed by atoms with Gasteiger partial charge in [0.25, 0.3) is 6.47 Å². The summed E-state index contributed by atoms with van der Waals surface area (Å²) in [6.45, 7) is 0.0661. The lowest BCUT2D eigenvalue weighted by atomic mass is 10.4. The number of hydrogen-bond acceptors (Lipinski definition) is 6. The van der Waals surface area contributed by atoms with Crippen LogP contribution < -0.4 is 0 Å². The van der Waals surface area contributed by atoms with Crippen LogP contribution >= 0.6 is 0 Å². The summed E-state index contributed by atoms with van der Waals surface area (Å²) in [6, 6.07) is 1.01. The van der Waals surface area contributed by atoms with Crippen molar-refractivity contribution in [3.63, 3.8) is 0 Å². The summed E-state index contributed by atoms with van der Waals surface area (Å²) in [5.74, 6) is -0.647. The van der Waals surface area contributed by atoms with Gasteiger partial charge in [-0.15, -0.1) is 10.2 Å². The van der Waals surface area contributed by atoms with E-state index in [2.05, 4.69) is 14.9 Å². The summed E-state index contributed by atoms with van der Waals surface area (Å²) >= 11 is 0. The van der Waals surface area contributed by atoms with E-state index in [0.717, 1.165) is 6.07 Å². The Morgan fingerprint density at radius 1 is 1.50 bits per heavy atom. The molecule has 1 aromatic heterocycles. The molecule has 0 saturated heterocycles. The van der Waals surface area contributed by atoms with Gasteiger partial charge < -0.3 is 14.9 Å². The molecule has 0 unspecified atom stereocenters. The summed E-state index contributed by atoms with van der Waals surface area (Å²) in [4.78, 5) is 9.75. The summed E-state index contributed by atoms with van der Waals surface area (Å²) in [7, 11) is 0. The molecular formula is C6H6N2O4. The van der Waals surface area contributed by atoms with Gasteiger partial charge in [-0.3, -0.25) is 4.79 Å². The van der Waals surface area contributed by atoms with Crippen molar-refractivity contribution in [3.05, 3.63) is 11.8 Å². The smallest absolute Gasteiger partial charge is 0.293 e. The number of carbonyl (C=O) groups is 1. The molecule has 0 amide bonds. The second-order valence-corrected chi connectivity index (χ2v) is 1.94. The van der Waals surface area contributed by atoms with Crippen LogP contribution in [0.2, 0.25) is 0 Å². The number of ether oxygens (including phenoxy) is 1. The molecule has 0 aliphatic rings. The molecule has 0 aliphatic heterocycles. The summed E-state index contributed by atoms with van der Waals surface area (Å²) in [5, 5.41) is 24.4. The van der Waals surface area contributed by atoms with Crippen LogP contribution in [0.4, 0.5) is 0 Å². The van der Waals surface area contributed by atoms with Crippen LogP contribution in [0.3, 0.4) is 0 Å². The number of hydrogen-bond donors (Lipinski definition) is 2. The van der Waals surface area contributed by atoms with Gasteiger partial charge >= 0.3 is 0 Å². The van der Waals surface area contributed by atoms with E-state index in [9.17, 15) is 4.79 Å². The normalized spacial score (nSPS) is 9.33. The second kappa shape index (κ2) is 3.51. The van der Waals surface area contributed by atoms with E-state index in [4.69, 9.17) is 10.2 Å².